The smallest absolute Gasteiger partial charge is 0.0641 e. The highest BCUT2D eigenvalue weighted by Gasteiger charge is 2.10. The van der Waals surface area contributed by atoms with Crippen molar-refractivity contribution in [3.05, 3.63) is 24.0 Å². The lowest BCUT2D eigenvalue weighted by Gasteiger charge is -2.22. The Bertz CT molecular complexity index is 349. The van der Waals surface area contributed by atoms with Crippen LogP contribution in [-0.4, -0.2) is 37.8 Å². The second kappa shape index (κ2) is 7.34. The van der Waals surface area contributed by atoms with E-state index in [1.54, 1.807) is 0 Å². The molecule has 0 bridgehead atoms. The molecule has 2 heterocycles. The number of rotatable bonds is 5. The van der Waals surface area contributed by atoms with Crippen molar-refractivity contribution in [1.82, 2.24) is 10.3 Å². The molecule has 0 spiro atoms. The van der Waals surface area contributed by atoms with E-state index in [0.717, 1.165) is 57.9 Å². The average Bonchev–Trinajstić information content (AvgIpc) is 2.68. The van der Waals surface area contributed by atoms with Gasteiger partial charge >= 0.3 is 0 Å². The minimum atomic E-state index is 0.825. The van der Waals surface area contributed by atoms with Crippen molar-refractivity contribution in [3.8, 4) is 0 Å². The van der Waals surface area contributed by atoms with Gasteiger partial charge in [0.05, 0.1) is 12.3 Å². The highest BCUT2D eigenvalue weighted by atomic mass is 16.5. The van der Waals surface area contributed by atoms with Crippen molar-refractivity contribution in [2.75, 3.05) is 37.7 Å². The summed E-state index contributed by atoms with van der Waals surface area (Å²) in [4.78, 5) is 6.80. The molecule has 1 aromatic heterocycles. The van der Waals surface area contributed by atoms with E-state index < -0.39 is 0 Å². The van der Waals surface area contributed by atoms with E-state index in [0.29, 0.717) is 0 Å². The van der Waals surface area contributed by atoms with Crippen LogP contribution in [0.2, 0.25) is 0 Å². The molecule has 1 fully saturated rings. The molecule has 0 atom stereocenters. The van der Waals surface area contributed by atoms with E-state index in [4.69, 9.17) is 4.74 Å². The van der Waals surface area contributed by atoms with Crippen LogP contribution in [0, 0.1) is 0 Å². The second-order valence-electron chi connectivity index (χ2n) is 4.64. The van der Waals surface area contributed by atoms with Crippen LogP contribution in [0.3, 0.4) is 0 Å². The first kappa shape index (κ1) is 13.3. The molecule has 18 heavy (non-hydrogen) atoms. The predicted molar refractivity (Wildman–Crippen MR) is 73.9 cm³/mol. The fourth-order valence-electron chi connectivity index (χ4n) is 2.16. The molecule has 4 nitrogen and oxygen atoms in total. The van der Waals surface area contributed by atoms with Crippen molar-refractivity contribution in [2.45, 2.75) is 26.3 Å². The summed E-state index contributed by atoms with van der Waals surface area (Å²) in [5, 5.41) is 3.39. The van der Waals surface area contributed by atoms with Crippen molar-refractivity contribution in [1.29, 1.82) is 0 Å². The van der Waals surface area contributed by atoms with Gasteiger partial charge < -0.3 is 15.0 Å². The first-order valence-corrected chi connectivity index (χ1v) is 6.88. The monoisotopic (exact) mass is 249 g/mol. The lowest BCUT2D eigenvalue weighted by Crippen LogP contribution is -2.26. The van der Waals surface area contributed by atoms with Gasteiger partial charge in [-0.3, -0.25) is 4.98 Å². The summed E-state index contributed by atoms with van der Waals surface area (Å²) in [5.74, 6) is 0. The third-order valence-electron chi connectivity index (χ3n) is 3.12. The van der Waals surface area contributed by atoms with Crippen LogP contribution < -0.4 is 10.2 Å². The van der Waals surface area contributed by atoms with Gasteiger partial charge in [0.2, 0.25) is 0 Å². The van der Waals surface area contributed by atoms with Gasteiger partial charge in [0.15, 0.2) is 0 Å². The number of pyridine rings is 1. The van der Waals surface area contributed by atoms with E-state index in [1.165, 1.54) is 5.69 Å². The number of anilines is 1. The van der Waals surface area contributed by atoms with Crippen LogP contribution in [0.4, 0.5) is 5.69 Å². The number of aromatic nitrogens is 1. The molecule has 1 N–H and O–H groups in total. The zero-order valence-electron chi connectivity index (χ0n) is 11.2. The van der Waals surface area contributed by atoms with E-state index >= 15 is 0 Å². The summed E-state index contributed by atoms with van der Waals surface area (Å²) < 4.78 is 5.49. The number of hydrogen-bond donors (Lipinski definition) is 1. The highest BCUT2D eigenvalue weighted by Crippen LogP contribution is 2.16. The maximum Gasteiger partial charge on any atom is 0.0641 e. The quantitative estimate of drug-likeness (QED) is 0.808. The predicted octanol–water partition coefficient (Wildman–Crippen LogP) is 1.81. The summed E-state index contributed by atoms with van der Waals surface area (Å²) in [6.45, 7) is 7.83. The lowest BCUT2D eigenvalue weighted by molar-refractivity contribution is 0.152. The Hall–Kier alpha value is -1.13. The van der Waals surface area contributed by atoms with Crippen LogP contribution in [0.25, 0.3) is 0 Å². The Kier molecular flexibility index (Phi) is 5.42. The number of ether oxygens (including phenoxy) is 1. The number of nitrogens with zero attached hydrogens (tertiary/aromatic N) is 2. The van der Waals surface area contributed by atoms with Crippen molar-refractivity contribution >= 4 is 5.69 Å². The lowest BCUT2D eigenvalue weighted by atomic mass is 10.2. The van der Waals surface area contributed by atoms with Gasteiger partial charge in [-0.25, -0.2) is 0 Å². The number of hydrogen-bond acceptors (Lipinski definition) is 4. The zero-order valence-corrected chi connectivity index (χ0v) is 11.2. The van der Waals surface area contributed by atoms with Gasteiger partial charge in [-0.05, 0) is 31.5 Å². The van der Waals surface area contributed by atoms with Gasteiger partial charge in [0.25, 0.3) is 0 Å². The summed E-state index contributed by atoms with van der Waals surface area (Å²) in [5.41, 5.74) is 2.38. The largest absolute Gasteiger partial charge is 0.380 e. The Morgan fingerprint density at radius 3 is 3.22 bits per heavy atom. The third-order valence-corrected chi connectivity index (χ3v) is 3.12. The summed E-state index contributed by atoms with van der Waals surface area (Å²) in [7, 11) is 0. The van der Waals surface area contributed by atoms with Crippen LogP contribution in [0.1, 0.15) is 25.5 Å². The Labute approximate surface area is 109 Å². The van der Waals surface area contributed by atoms with Crippen LogP contribution in [-0.2, 0) is 11.3 Å². The molecular weight excluding hydrogens is 226 g/mol. The van der Waals surface area contributed by atoms with Crippen molar-refractivity contribution in [3.63, 3.8) is 0 Å². The molecule has 1 aliphatic rings. The molecule has 0 saturated carbocycles. The van der Waals surface area contributed by atoms with Gasteiger partial charge in [0.1, 0.15) is 0 Å². The molecule has 0 unspecified atom stereocenters. The van der Waals surface area contributed by atoms with Crippen LogP contribution in [0.15, 0.2) is 18.3 Å². The normalized spacial score (nSPS) is 16.6. The first-order chi connectivity index (χ1) is 8.90. The summed E-state index contributed by atoms with van der Waals surface area (Å²) in [6, 6.07) is 4.28. The van der Waals surface area contributed by atoms with E-state index in [9.17, 15) is 0 Å². The van der Waals surface area contributed by atoms with Crippen molar-refractivity contribution in [2.24, 2.45) is 0 Å². The highest BCUT2D eigenvalue weighted by molar-refractivity contribution is 5.46. The molecule has 1 saturated heterocycles. The SMILES string of the molecule is CCCNCc1cc(N2CCCOCC2)ccn1. The molecule has 1 aromatic rings. The fourth-order valence-corrected chi connectivity index (χ4v) is 2.16. The molecule has 1 aliphatic heterocycles. The number of nitrogens with one attached hydrogen (secondary N) is 1. The van der Waals surface area contributed by atoms with Crippen LogP contribution >= 0.6 is 0 Å². The zero-order chi connectivity index (χ0) is 12.6. The molecule has 100 valence electrons. The van der Waals surface area contributed by atoms with Gasteiger partial charge in [-0.15, -0.1) is 0 Å². The molecule has 0 amide bonds. The third kappa shape index (κ3) is 3.96. The minimum Gasteiger partial charge on any atom is -0.380 e. The van der Waals surface area contributed by atoms with Gasteiger partial charge in [-0.2, -0.15) is 0 Å². The molecule has 0 radical (unpaired) electrons. The van der Waals surface area contributed by atoms with Gasteiger partial charge in [0, 0.05) is 38.1 Å². The van der Waals surface area contributed by atoms with Crippen LogP contribution in [0.5, 0.6) is 0 Å². The molecular formula is C14H23N3O. The Morgan fingerprint density at radius 2 is 2.33 bits per heavy atom. The topological polar surface area (TPSA) is 37.4 Å². The summed E-state index contributed by atoms with van der Waals surface area (Å²) >= 11 is 0. The Balaban J connectivity index is 1.96. The molecule has 0 aliphatic carbocycles. The first-order valence-electron chi connectivity index (χ1n) is 6.88. The maximum absolute atomic E-state index is 5.49. The van der Waals surface area contributed by atoms with E-state index in [2.05, 4.69) is 34.3 Å². The Morgan fingerprint density at radius 1 is 1.39 bits per heavy atom. The molecule has 4 heteroatoms. The summed E-state index contributed by atoms with van der Waals surface area (Å²) in [6.07, 6.45) is 4.17. The minimum absolute atomic E-state index is 0.825. The van der Waals surface area contributed by atoms with E-state index in [1.807, 2.05) is 6.20 Å². The van der Waals surface area contributed by atoms with Gasteiger partial charge in [-0.1, -0.05) is 6.92 Å². The second-order valence-corrected chi connectivity index (χ2v) is 4.64. The van der Waals surface area contributed by atoms with E-state index in [-0.39, 0.29) is 0 Å². The fraction of sp³-hybridized carbons (Fsp3) is 0.643. The maximum atomic E-state index is 5.49. The standard InChI is InChI=1S/C14H23N3O/c1-2-5-15-12-13-11-14(4-6-16-13)17-7-3-9-18-10-8-17/h4,6,11,15H,2-3,5,7-10,12H2,1H3. The molecule has 2 rings (SSSR count). The average molecular weight is 249 g/mol. The van der Waals surface area contributed by atoms with Crippen molar-refractivity contribution < 1.29 is 4.74 Å². The molecule has 0 aromatic carbocycles.